The molecule has 2 fully saturated rings. The van der Waals surface area contributed by atoms with Crippen LogP contribution in [0.15, 0.2) is 42.5 Å². The van der Waals surface area contributed by atoms with Crippen molar-refractivity contribution in [1.82, 2.24) is 10.2 Å². The summed E-state index contributed by atoms with van der Waals surface area (Å²) in [5, 5.41) is 14.7. The minimum absolute atomic E-state index is 0.182. The molecule has 2 aromatic rings. The van der Waals surface area contributed by atoms with Crippen molar-refractivity contribution in [3.8, 4) is 22.6 Å². The van der Waals surface area contributed by atoms with Gasteiger partial charge in [-0.3, -0.25) is 0 Å². The average molecular weight is 479 g/mol. The molecular formula is C26H33F3N2O3. The van der Waals surface area contributed by atoms with E-state index >= 15 is 0 Å². The molecule has 1 saturated heterocycles. The number of piperazine rings is 1. The maximum atomic E-state index is 12.7. The van der Waals surface area contributed by atoms with Crippen LogP contribution < -0.4 is 14.8 Å². The first kappa shape index (κ1) is 24.8. The topological polar surface area (TPSA) is 54.0 Å². The molecule has 0 aromatic heterocycles. The predicted octanol–water partition coefficient (Wildman–Crippen LogP) is 4.94. The van der Waals surface area contributed by atoms with E-state index in [1.807, 2.05) is 18.2 Å². The molecule has 0 radical (unpaired) electrons. The Hall–Kier alpha value is -2.29. The Morgan fingerprint density at radius 2 is 1.94 bits per heavy atom. The second-order valence-corrected chi connectivity index (χ2v) is 9.39. The van der Waals surface area contributed by atoms with Crippen molar-refractivity contribution in [3.05, 3.63) is 48.0 Å². The summed E-state index contributed by atoms with van der Waals surface area (Å²) >= 11 is 0. The maximum Gasteiger partial charge on any atom is 0.573 e. The molecule has 1 aliphatic heterocycles. The molecule has 2 unspecified atom stereocenters. The van der Waals surface area contributed by atoms with E-state index in [0.29, 0.717) is 23.3 Å². The Kier molecular flexibility index (Phi) is 7.70. The van der Waals surface area contributed by atoms with E-state index < -0.39 is 12.0 Å². The third-order valence-electron chi connectivity index (χ3n) is 7.00. The summed E-state index contributed by atoms with van der Waals surface area (Å²) in [4.78, 5) is 2.40. The molecule has 1 saturated carbocycles. The van der Waals surface area contributed by atoms with E-state index in [9.17, 15) is 18.3 Å². The normalized spacial score (nSPS) is 24.1. The van der Waals surface area contributed by atoms with E-state index in [1.54, 1.807) is 13.2 Å². The van der Waals surface area contributed by atoms with Gasteiger partial charge in [-0.2, -0.15) is 0 Å². The van der Waals surface area contributed by atoms with Gasteiger partial charge in [0.25, 0.3) is 0 Å². The lowest BCUT2D eigenvalue weighted by Gasteiger charge is -2.39. The minimum Gasteiger partial charge on any atom is -0.496 e. The van der Waals surface area contributed by atoms with Crippen LogP contribution in [0.4, 0.5) is 13.2 Å². The highest BCUT2D eigenvalue weighted by Crippen LogP contribution is 2.43. The molecule has 5 nitrogen and oxygen atoms in total. The summed E-state index contributed by atoms with van der Waals surface area (Å²) in [5.74, 6) is 0.496. The number of nitrogens with one attached hydrogen (secondary N) is 1. The molecular weight excluding hydrogens is 445 g/mol. The fourth-order valence-electron chi connectivity index (χ4n) is 5.22. The molecule has 1 aliphatic carbocycles. The van der Waals surface area contributed by atoms with Crippen LogP contribution in [-0.4, -0.2) is 61.8 Å². The number of ether oxygens (including phenoxy) is 2. The van der Waals surface area contributed by atoms with Gasteiger partial charge in [0.1, 0.15) is 11.5 Å². The van der Waals surface area contributed by atoms with E-state index in [0.717, 1.165) is 64.0 Å². The van der Waals surface area contributed by atoms with Crippen LogP contribution in [0.1, 0.15) is 43.6 Å². The Bertz CT molecular complexity index is 963. The van der Waals surface area contributed by atoms with E-state index in [4.69, 9.17) is 4.74 Å². The van der Waals surface area contributed by atoms with Crippen LogP contribution in [0, 0.1) is 0 Å². The van der Waals surface area contributed by atoms with E-state index in [2.05, 4.69) is 15.0 Å². The third kappa shape index (κ3) is 6.43. The summed E-state index contributed by atoms with van der Waals surface area (Å²) in [6.07, 6.45) is -0.597. The highest BCUT2D eigenvalue weighted by atomic mass is 19.4. The van der Waals surface area contributed by atoms with Gasteiger partial charge in [0.05, 0.1) is 12.7 Å². The molecule has 186 valence electrons. The summed E-state index contributed by atoms with van der Waals surface area (Å²) in [5.41, 5.74) is 1.67. The molecule has 2 atom stereocenters. The molecule has 2 aromatic carbocycles. The second-order valence-electron chi connectivity index (χ2n) is 9.39. The number of nitrogens with zero attached hydrogens (tertiary/aromatic N) is 1. The quantitative estimate of drug-likeness (QED) is 0.590. The molecule has 0 amide bonds. The number of aliphatic hydroxyl groups is 1. The number of alkyl halides is 3. The third-order valence-corrected chi connectivity index (χ3v) is 7.00. The lowest BCUT2D eigenvalue weighted by atomic mass is 9.73. The Morgan fingerprint density at radius 3 is 2.68 bits per heavy atom. The van der Waals surface area contributed by atoms with Gasteiger partial charge in [-0.05, 0) is 73.4 Å². The molecule has 34 heavy (non-hydrogen) atoms. The van der Waals surface area contributed by atoms with Crippen LogP contribution in [0.25, 0.3) is 11.1 Å². The van der Waals surface area contributed by atoms with Crippen LogP contribution in [-0.2, 0) is 0 Å². The van der Waals surface area contributed by atoms with Crippen molar-refractivity contribution < 1.29 is 27.8 Å². The summed E-state index contributed by atoms with van der Waals surface area (Å²) in [6, 6.07) is 11.8. The molecule has 0 spiro atoms. The van der Waals surface area contributed by atoms with Crippen molar-refractivity contribution >= 4 is 0 Å². The zero-order valence-electron chi connectivity index (χ0n) is 19.5. The van der Waals surface area contributed by atoms with Crippen molar-refractivity contribution in [3.63, 3.8) is 0 Å². The van der Waals surface area contributed by atoms with Crippen molar-refractivity contribution in [2.75, 3.05) is 39.8 Å². The SMILES string of the molecule is COc1ccc(C2CCCC(O)(CCN3CCNCC3)C2)cc1-c1cccc(OC(F)(F)F)c1. The summed E-state index contributed by atoms with van der Waals surface area (Å²) in [7, 11) is 1.55. The highest BCUT2D eigenvalue weighted by Gasteiger charge is 2.35. The summed E-state index contributed by atoms with van der Waals surface area (Å²) in [6.45, 7) is 4.90. The monoisotopic (exact) mass is 478 g/mol. The van der Waals surface area contributed by atoms with Crippen molar-refractivity contribution in [2.24, 2.45) is 0 Å². The Balaban J connectivity index is 1.52. The van der Waals surface area contributed by atoms with Crippen molar-refractivity contribution in [1.29, 1.82) is 0 Å². The standard InChI is InChI=1S/C26H33F3N2O3/c1-33-24-8-7-19(17-23(24)20-4-2-6-22(16-20)34-26(27,28)29)21-5-3-9-25(32,18-21)10-13-31-14-11-30-12-15-31/h2,4,6-8,16-17,21,30,32H,3,5,9-15,18H2,1H3. The van der Waals surface area contributed by atoms with Crippen LogP contribution >= 0.6 is 0 Å². The lowest BCUT2D eigenvalue weighted by molar-refractivity contribution is -0.274. The molecule has 8 heteroatoms. The number of benzene rings is 2. The number of hydrogen-bond acceptors (Lipinski definition) is 5. The highest BCUT2D eigenvalue weighted by molar-refractivity contribution is 5.72. The van der Waals surface area contributed by atoms with E-state index in [-0.39, 0.29) is 11.7 Å². The molecule has 0 bridgehead atoms. The summed E-state index contributed by atoms with van der Waals surface area (Å²) < 4.78 is 47.7. The zero-order chi connectivity index (χ0) is 24.2. The van der Waals surface area contributed by atoms with Crippen molar-refractivity contribution in [2.45, 2.75) is 50.0 Å². The molecule has 1 heterocycles. The molecule has 4 rings (SSSR count). The van der Waals surface area contributed by atoms with Gasteiger partial charge in [-0.25, -0.2) is 0 Å². The first-order chi connectivity index (χ1) is 16.2. The lowest BCUT2D eigenvalue weighted by Crippen LogP contribution is -2.46. The molecule has 2 N–H and O–H groups in total. The van der Waals surface area contributed by atoms with Gasteiger partial charge < -0.3 is 24.8 Å². The Labute approximate surface area is 198 Å². The Morgan fingerprint density at radius 1 is 1.15 bits per heavy atom. The predicted molar refractivity (Wildman–Crippen MR) is 125 cm³/mol. The second kappa shape index (κ2) is 10.5. The number of hydrogen-bond donors (Lipinski definition) is 2. The van der Waals surface area contributed by atoms with Gasteiger partial charge >= 0.3 is 6.36 Å². The first-order valence-electron chi connectivity index (χ1n) is 11.9. The number of rotatable bonds is 7. The van der Waals surface area contributed by atoms with Crippen LogP contribution in [0.2, 0.25) is 0 Å². The number of methoxy groups -OCH3 is 1. The maximum absolute atomic E-state index is 12.7. The zero-order valence-corrected chi connectivity index (χ0v) is 19.5. The first-order valence-corrected chi connectivity index (χ1v) is 11.9. The average Bonchev–Trinajstić information content (AvgIpc) is 2.82. The fraction of sp³-hybridized carbons (Fsp3) is 0.538. The van der Waals surface area contributed by atoms with Crippen LogP contribution in [0.5, 0.6) is 11.5 Å². The smallest absolute Gasteiger partial charge is 0.496 e. The van der Waals surface area contributed by atoms with Gasteiger partial charge in [-0.15, -0.1) is 13.2 Å². The fourth-order valence-corrected chi connectivity index (χ4v) is 5.22. The van der Waals surface area contributed by atoms with Gasteiger partial charge in [0, 0.05) is 38.3 Å². The van der Waals surface area contributed by atoms with E-state index in [1.165, 1.54) is 18.2 Å². The van der Waals surface area contributed by atoms with Gasteiger partial charge in [-0.1, -0.05) is 18.2 Å². The number of halogens is 3. The molecule has 2 aliphatic rings. The van der Waals surface area contributed by atoms with Gasteiger partial charge in [0.15, 0.2) is 0 Å². The van der Waals surface area contributed by atoms with Crippen LogP contribution in [0.3, 0.4) is 0 Å². The minimum atomic E-state index is -4.75. The largest absolute Gasteiger partial charge is 0.573 e. The van der Waals surface area contributed by atoms with Gasteiger partial charge in [0.2, 0.25) is 0 Å².